The van der Waals surface area contributed by atoms with Crippen molar-refractivity contribution in [1.29, 1.82) is 0 Å². The van der Waals surface area contributed by atoms with Crippen molar-refractivity contribution in [2.45, 2.75) is 6.92 Å². The average molecular weight is 179 g/mol. The summed E-state index contributed by atoms with van der Waals surface area (Å²) in [6, 6.07) is 1.99. The summed E-state index contributed by atoms with van der Waals surface area (Å²) in [5.41, 5.74) is 7.67. The highest BCUT2D eigenvalue weighted by Crippen LogP contribution is 2.27. The lowest BCUT2D eigenvalue weighted by Gasteiger charge is -1.90. The molecule has 0 aliphatic rings. The molecule has 3 N–H and O–H groups in total. The van der Waals surface area contributed by atoms with Gasteiger partial charge in [0.2, 0.25) is 0 Å². The first-order chi connectivity index (χ1) is 5.77. The summed E-state index contributed by atoms with van der Waals surface area (Å²) < 4.78 is 0. The second kappa shape index (κ2) is 2.64. The molecule has 4 heteroatoms. The van der Waals surface area contributed by atoms with Crippen molar-refractivity contribution in [2.24, 2.45) is 0 Å². The number of hydrogen-bond donors (Lipinski definition) is 2. The van der Waals surface area contributed by atoms with Crippen LogP contribution in [0, 0.1) is 6.92 Å². The van der Waals surface area contributed by atoms with Crippen LogP contribution in [0.5, 0.6) is 0 Å². The van der Waals surface area contributed by atoms with Gasteiger partial charge in [0.1, 0.15) is 0 Å². The van der Waals surface area contributed by atoms with Crippen molar-refractivity contribution in [3.63, 3.8) is 0 Å². The first kappa shape index (κ1) is 7.36. The van der Waals surface area contributed by atoms with E-state index < -0.39 is 0 Å². The molecule has 0 amide bonds. The molecule has 62 valence electrons. The van der Waals surface area contributed by atoms with Gasteiger partial charge in [-0.25, -0.2) is 4.98 Å². The molecule has 0 bridgehead atoms. The van der Waals surface area contributed by atoms with E-state index in [0.717, 1.165) is 16.1 Å². The van der Waals surface area contributed by atoms with Crippen LogP contribution in [0.1, 0.15) is 4.88 Å². The number of nitrogens with two attached hydrogens (primary N) is 1. The maximum atomic E-state index is 5.58. The summed E-state index contributed by atoms with van der Waals surface area (Å²) >= 11 is 1.52. The first-order valence-corrected chi connectivity index (χ1v) is 4.45. The van der Waals surface area contributed by atoms with Gasteiger partial charge >= 0.3 is 0 Å². The maximum absolute atomic E-state index is 5.58. The molecular weight excluding hydrogens is 170 g/mol. The van der Waals surface area contributed by atoms with Crippen LogP contribution < -0.4 is 5.73 Å². The molecular formula is C8H9N3S. The van der Waals surface area contributed by atoms with Crippen LogP contribution in [-0.4, -0.2) is 9.97 Å². The van der Waals surface area contributed by atoms with Gasteiger partial charge < -0.3 is 10.7 Å². The van der Waals surface area contributed by atoms with Gasteiger partial charge in [-0.05, 0) is 13.0 Å². The standard InChI is InChI=1S/C8H9N3S/c1-5-7(11-8(9)12-5)6-2-3-10-4-6/h2-4,10H,1H3,(H2,9,11). The first-order valence-electron chi connectivity index (χ1n) is 3.63. The van der Waals surface area contributed by atoms with Crippen molar-refractivity contribution in [3.05, 3.63) is 23.3 Å². The third kappa shape index (κ3) is 1.10. The molecule has 0 aromatic carbocycles. The minimum atomic E-state index is 0.628. The predicted octanol–water partition coefficient (Wildman–Crippen LogP) is 2.03. The van der Waals surface area contributed by atoms with E-state index in [0.29, 0.717) is 5.13 Å². The Morgan fingerprint density at radius 1 is 1.58 bits per heavy atom. The summed E-state index contributed by atoms with van der Waals surface area (Å²) in [7, 11) is 0. The molecule has 12 heavy (non-hydrogen) atoms. The van der Waals surface area contributed by atoms with Gasteiger partial charge in [0.15, 0.2) is 5.13 Å². The van der Waals surface area contributed by atoms with Crippen molar-refractivity contribution >= 4 is 16.5 Å². The average Bonchev–Trinajstić information content (AvgIpc) is 2.58. The minimum Gasteiger partial charge on any atom is -0.375 e. The van der Waals surface area contributed by atoms with E-state index in [2.05, 4.69) is 9.97 Å². The molecule has 0 unspecified atom stereocenters. The number of nitrogen functional groups attached to an aromatic ring is 1. The zero-order chi connectivity index (χ0) is 8.55. The maximum Gasteiger partial charge on any atom is 0.180 e. The van der Waals surface area contributed by atoms with E-state index >= 15 is 0 Å². The Labute approximate surface area is 74.3 Å². The van der Waals surface area contributed by atoms with E-state index in [4.69, 9.17) is 5.73 Å². The largest absolute Gasteiger partial charge is 0.375 e. The number of aromatic amines is 1. The summed E-state index contributed by atoms with van der Waals surface area (Å²) in [6.07, 6.45) is 3.80. The lowest BCUT2D eigenvalue weighted by atomic mass is 10.2. The number of H-pyrrole nitrogens is 1. The Bertz CT molecular complexity index is 375. The summed E-state index contributed by atoms with van der Waals surface area (Å²) in [4.78, 5) is 8.38. The van der Waals surface area contributed by atoms with Crippen LogP contribution in [0.4, 0.5) is 5.13 Å². The molecule has 2 heterocycles. The number of thiazole rings is 1. The number of hydrogen-bond acceptors (Lipinski definition) is 3. The fourth-order valence-corrected chi connectivity index (χ4v) is 1.87. The van der Waals surface area contributed by atoms with Gasteiger partial charge in [0.25, 0.3) is 0 Å². The van der Waals surface area contributed by atoms with E-state index in [1.54, 1.807) is 0 Å². The zero-order valence-electron chi connectivity index (χ0n) is 6.66. The fourth-order valence-electron chi connectivity index (χ4n) is 1.16. The molecule has 0 atom stereocenters. The molecule has 2 aromatic heterocycles. The molecule has 0 fully saturated rings. The van der Waals surface area contributed by atoms with Gasteiger partial charge in [-0.3, -0.25) is 0 Å². The molecule has 0 spiro atoms. The quantitative estimate of drug-likeness (QED) is 0.703. The third-order valence-electron chi connectivity index (χ3n) is 1.68. The number of aryl methyl sites for hydroxylation is 1. The molecule has 0 saturated heterocycles. The van der Waals surface area contributed by atoms with Gasteiger partial charge in [0.05, 0.1) is 5.69 Å². The monoisotopic (exact) mass is 179 g/mol. The van der Waals surface area contributed by atoms with Crippen molar-refractivity contribution < 1.29 is 0 Å². The van der Waals surface area contributed by atoms with E-state index in [-0.39, 0.29) is 0 Å². The Morgan fingerprint density at radius 3 is 2.92 bits per heavy atom. The highest BCUT2D eigenvalue weighted by Gasteiger charge is 2.07. The molecule has 0 aliphatic carbocycles. The second-order valence-corrected chi connectivity index (χ2v) is 3.79. The third-order valence-corrected chi connectivity index (χ3v) is 2.48. The van der Waals surface area contributed by atoms with Crippen LogP contribution in [0.25, 0.3) is 11.3 Å². The Hall–Kier alpha value is -1.29. The molecule has 2 rings (SSSR count). The molecule has 3 nitrogen and oxygen atoms in total. The van der Waals surface area contributed by atoms with Gasteiger partial charge in [-0.15, -0.1) is 11.3 Å². The van der Waals surface area contributed by atoms with Gasteiger partial charge in [-0.1, -0.05) is 0 Å². The summed E-state index contributed by atoms with van der Waals surface area (Å²) in [6.45, 7) is 2.02. The minimum absolute atomic E-state index is 0.628. The Kier molecular flexibility index (Phi) is 1.62. The number of anilines is 1. The van der Waals surface area contributed by atoms with Crippen molar-refractivity contribution in [2.75, 3.05) is 5.73 Å². The second-order valence-electron chi connectivity index (χ2n) is 2.56. The Balaban J connectivity index is 2.54. The predicted molar refractivity (Wildman–Crippen MR) is 51.1 cm³/mol. The lowest BCUT2D eigenvalue weighted by Crippen LogP contribution is -1.81. The van der Waals surface area contributed by atoms with Crippen LogP contribution in [0.15, 0.2) is 18.5 Å². The van der Waals surface area contributed by atoms with Gasteiger partial charge in [0, 0.05) is 22.8 Å². The van der Waals surface area contributed by atoms with Crippen LogP contribution >= 0.6 is 11.3 Å². The lowest BCUT2D eigenvalue weighted by molar-refractivity contribution is 1.37. The normalized spacial score (nSPS) is 10.4. The highest BCUT2D eigenvalue weighted by atomic mass is 32.1. The number of rotatable bonds is 1. The van der Waals surface area contributed by atoms with Crippen molar-refractivity contribution in [3.8, 4) is 11.3 Å². The summed E-state index contributed by atoms with van der Waals surface area (Å²) in [5.74, 6) is 0. The van der Waals surface area contributed by atoms with Gasteiger partial charge in [-0.2, -0.15) is 0 Å². The van der Waals surface area contributed by atoms with Crippen LogP contribution in [0.2, 0.25) is 0 Å². The van der Waals surface area contributed by atoms with E-state index in [9.17, 15) is 0 Å². The highest BCUT2D eigenvalue weighted by molar-refractivity contribution is 7.15. The molecule has 0 saturated carbocycles. The number of nitrogens with one attached hydrogen (secondary N) is 1. The zero-order valence-corrected chi connectivity index (χ0v) is 7.48. The van der Waals surface area contributed by atoms with E-state index in [1.165, 1.54) is 11.3 Å². The SMILES string of the molecule is Cc1sc(N)nc1-c1cc[nH]c1. The Morgan fingerprint density at radius 2 is 2.42 bits per heavy atom. The number of aromatic nitrogens is 2. The fraction of sp³-hybridized carbons (Fsp3) is 0.125. The van der Waals surface area contributed by atoms with E-state index in [1.807, 2.05) is 25.4 Å². The van der Waals surface area contributed by atoms with Crippen LogP contribution in [0.3, 0.4) is 0 Å². The molecule has 0 aliphatic heterocycles. The number of nitrogens with zero attached hydrogens (tertiary/aromatic N) is 1. The molecule has 2 aromatic rings. The summed E-state index contributed by atoms with van der Waals surface area (Å²) in [5, 5.41) is 0.628. The van der Waals surface area contributed by atoms with Crippen molar-refractivity contribution in [1.82, 2.24) is 9.97 Å². The van der Waals surface area contributed by atoms with Crippen LogP contribution in [-0.2, 0) is 0 Å². The topological polar surface area (TPSA) is 54.7 Å². The molecule has 0 radical (unpaired) electrons. The smallest absolute Gasteiger partial charge is 0.180 e.